The molecule has 1 aromatic heterocycles. The second-order valence-corrected chi connectivity index (χ2v) is 4.17. The van der Waals surface area contributed by atoms with E-state index in [1.807, 2.05) is 28.8 Å². The zero-order chi connectivity index (χ0) is 10.8. The van der Waals surface area contributed by atoms with Gasteiger partial charge in [0, 0.05) is 26.2 Å². The highest BCUT2D eigenvalue weighted by Gasteiger charge is 2.21. The van der Waals surface area contributed by atoms with Crippen molar-refractivity contribution in [2.45, 2.75) is 32.7 Å². The Morgan fingerprint density at radius 3 is 2.60 bits per heavy atom. The largest absolute Gasteiger partial charge is 0.343 e. The van der Waals surface area contributed by atoms with Crippen LogP contribution >= 0.6 is 0 Å². The molecule has 1 aliphatic heterocycles. The summed E-state index contributed by atoms with van der Waals surface area (Å²) in [5.41, 5.74) is 1.06. The Bertz CT molecular complexity index is 350. The Balaban J connectivity index is 1.96. The molecule has 1 amide bonds. The highest BCUT2D eigenvalue weighted by molar-refractivity contribution is 5.73. The average molecular weight is 207 g/mol. The lowest BCUT2D eigenvalue weighted by Gasteiger charge is -2.31. The zero-order valence-electron chi connectivity index (χ0n) is 9.31. The fourth-order valence-corrected chi connectivity index (χ4v) is 2.08. The molecule has 82 valence electrons. The summed E-state index contributed by atoms with van der Waals surface area (Å²) < 4.78 is 2.03. The number of piperidine rings is 1. The van der Waals surface area contributed by atoms with Crippen LogP contribution in [0, 0.1) is 6.92 Å². The van der Waals surface area contributed by atoms with Crippen LogP contribution in [0.15, 0.2) is 12.3 Å². The van der Waals surface area contributed by atoms with Crippen LogP contribution in [-0.2, 0) is 4.79 Å². The molecule has 0 N–H and O–H groups in total. The minimum atomic E-state index is 0.185. The van der Waals surface area contributed by atoms with Crippen molar-refractivity contribution in [1.82, 2.24) is 14.7 Å². The predicted molar refractivity (Wildman–Crippen MR) is 57.5 cm³/mol. The molecule has 4 heteroatoms. The molecule has 1 aromatic rings. The van der Waals surface area contributed by atoms with Gasteiger partial charge in [0.15, 0.2) is 0 Å². The van der Waals surface area contributed by atoms with Gasteiger partial charge in [0.05, 0.1) is 11.7 Å². The molecule has 1 aliphatic rings. The third-order valence-corrected chi connectivity index (χ3v) is 3.03. The van der Waals surface area contributed by atoms with E-state index in [-0.39, 0.29) is 5.91 Å². The van der Waals surface area contributed by atoms with Crippen LogP contribution in [0.1, 0.15) is 31.5 Å². The van der Waals surface area contributed by atoms with E-state index in [4.69, 9.17) is 0 Å². The summed E-state index contributed by atoms with van der Waals surface area (Å²) >= 11 is 0. The first-order valence-corrected chi connectivity index (χ1v) is 5.44. The van der Waals surface area contributed by atoms with E-state index in [2.05, 4.69) is 5.10 Å². The van der Waals surface area contributed by atoms with E-state index in [9.17, 15) is 4.79 Å². The summed E-state index contributed by atoms with van der Waals surface area (Å²) in [5.74, 6) is 0.185. The van der Waals surface area contributed by atoms with Crippen molar-refractivity contribution < 1.29 is 4.79 Å². The van der Waals surface area contributed by atoms with Gasteiger partial charge in [-0.3, -0.25) is 9.48 Å². The number of likely N-dealkylation sites (tertiary alicyclic amines) is 1. The van der Waals surface area contributed by atoms with Crippen molar-refractivity contribution >= 4 is 5.91 Å². The lowest BCUT2D eigenvalue weighted by atomic mass is 10.1. The third-order valence-electron chi connectivity index (χ3n) is 3.03. The molecule has 2 heterocycles. The van der Waals surface area contributed by atoms with E-state index in [0.717, 1.165) is 31.6 Å². The Labute approximate surface area is 89.9 Å². The third kappa shape index (κ3) is 2.19. The van der Waals surface area contributed by atoms with Gasteiger partial charge in [0.25, 0.3) is 0 Å². The average Bonchev–Trinajstić information content (AvgIpc) is 2.65. The number of nitrogens with zero attached hydrogens (tertiary/aromatic N) is 3. The molecule has 4 nitrogen and oxygen atoms in total. The standard InChI is InChI=1S/C11H17N3O/c1-9-3-8-14(12-9)11-4-6-13(7-5-11)10(2)15/h3,8,11H,4-7H2,1-2H3. The number of hydrogen-bond acceptors (Lipinski definition) is 2. The summed E-state index contributed by atoms with van der Waals surface area (Å²) in [6.45, 7) is 5.36. The van der Waals surface area contributed by atoms with Crippen LogP contribution in [0.2, 0.25) is 0 Å². The molecule has 0 saturated carbocycles. The number of carbonyl (C=O) groups is 1. The van der Waals surface area contributed by atoms with E-state index >= 15 is 0 Å². The number of carbonyl (C=O) groups excluding carboxylic acids is 1. The molecule has 1 saturated heterocycles. The van der Waals surface area contributed by atoms with E-state index in [1.54, 1.807) is 6.92 Å². The highest BCUT2D eigenvalue weighted by atomic mass is 16.2. The van der Waals surface area contributed by atoms with Crippen molar-refractivity contribution in [3.05, 3.63) is 18.0 Å². The van der Waals surface area contributed by atoms with Crippen LogP contribution < -0.4 is 0 Å². The van der Waals surface area contributed by atoms with Crippen molar-refractivity contribution in [3.63, 3.8) is 0 Å². The molecule has 0 aliphatic carbocycles. The summed E-state index contributed by atoms with van der Waals surface area (Å²) in [5, 5.41) is 4.42. The molecule has 0 bridgehead atoms. The fourth-order valence-electron chi connectivity index (χ4n) is 2.08. The first-order chi connectivity index (χ1) is 7.16. The van der Waals surface area contributed by atoms with Crippen LogP contribution in [0.4, 0.5) is 0 Å². The minimum Gasteiger partial charge on any atom is -0.343 e. The molecule has 0 aromatic carbocycles. The van der Waals surface area contributed by atoms with Crippen molar-refractivity contribution in [2.75, 3.05) is 13.1 Å². The molecule has 2 rings (SSSR count). The fraction of sp³-hybridized carbons (Fsp3) is 0.636. The highest BCUT2D eigenvalue weighted by Crippen LogP contribution is 2.21. The summed E-state index contributed by atoms with van der Waals surface area (Å²) in [6.07, 6.45) is 4.06. The molecule has 0 atom stereocenters. The van der Waals surface area contributed by atoms with Crippen LogP contribution in [0.5, 0.6) is 0 Å². The quantitative estimate of drug-likeness (QED) is 0.697. The number of hydrogen-bond donors (Lipinski definition) is 0. The summed E-state index contributed by atoms with van der Waals surface area (Å²) in [7, 11) is 0. The van der Waals surface area contributed by atoms with Crippen LogP contribution in [0.3, 0.4) is 0 Å². The number of amides is 1. The lowest BCUT2D eigenvalue weighted by Crippen LogP contribution is -2.37. The topological polar surface area (TPSA) is 38.1 Å². The van der Waals surface area contributed by atoms with Gasteiger partial charge in [0.1, 0.15) is 0 Å². The smallest absolute Gasteiger partial charge is 0.219 e. The number of aromatic nitrogens is 2. The molecule has 15 heavy (non-hydrogen) atoms. The molecular formula is C11H17N3O. The summed E-state index contributed by atoms with van der Waals surface area (Å²) in [4.78, 5) is 13.1. The van der Waals surface area contributed by atoms with E-state index < -0.39 is 0 Å². The Kier molecular flexibility index (Phi) is 2.75. The van der Waals surface area contributed by atoms with Gasteiger partial charge in [-0.2, -0.15) is 5.10 Å². The second-order valence-electron chi connectivity index (χ2n) is 4.17. The first kappa shape index (κ1) is 10.2. The summed E-state index contributed by atoms with van der Waals surface area (Å²) in [6, 6.07) is 2.49. The number of rotatable bonds is 1. The molecule has 0 spiro atoms. The minimum absolute atomic E-state index is 0.185. The molecule has 0 radical (unpaired) electrons. The van der Waals surface area contributed by atoms with Gasteiger partial charge in [-0.1, -0.05) is 0 Å². The van der Waals surface area contributed by atoms with Crippen molar-refractivity contribution in [2.24, 2.45) is 0 Å². The maximum atomic E-state index is 11.1. The Morgan fingerprint density at radius 1 is 1.47 bits per heavy atom. The maximum absolute atomic E-state index is 11.1. The number of aryl methyl sites for hydroxylation is 1. The van der Waals surface area contributed by atoms with E-state index in [0.29, 0.717) is 6.04 Å². The van der Waals surface area contributed by atoms with Gasteiger partial charge in [-0.05, 0) is 25.8 Å². The van der Waals surface area contributed by atoms with Crippen LogP contribution in [0.25, 0.3) is 0 Å². The van der Waals surface area contributed by atoms with Gasteiger partial charge >= 0.3 is 0 Å². The lowest BCUT2D eigenvalue weighted by molar-refractivity contribution is -0.130. The van der Waals surface area contributed by atoms with Gasteiger partial charge in [0.2, 0.25) is 5.91 Å². The Hall–Kier alpha value is -1.32. The van der Waals surface area contributed by atoms with Gasteiger partial charge in [-0.15, -0.1) is 0 Å². The predicted octanol–water partition coefficient (Wildman–Crippen LogP) is 1.37. The SMILES string of the molecule is CC(=O)N1CCC(n2ccc(C)n2)CC1. The Morgan fingerprint density at radius 2 is 2.13 bits per heavy atom. The normalized spacial score (nSPS) is 18.1. The molecular weight excluding hydrogens is 190 g/mol. The second kappa shape index (κ2) is 4.04. The zero-order valence-corrected chi connectivity index (χ0v) is 9.31. The molecule has 0 unspecified atom stereocenters. The van der Waals surface area contributed by atoms with Crippen LogP contribution in [-0.4, -0.2) is 33.7 Å². The monoisotopic (exact) mass is 207 g/mol. The van der Waals surface area contributed by atoms with Crippen molar-refractivity contribution in [3.8, 4) is 0 Å². The van der Waals surface area contributed by atoms with Gasteiger partial charge < -0.3 is 4.90 Å². The van der Waals surface area contributed by atoms with Gasteiger partial charge in [-0.25, -0.2) is 0 Å². The molecule has 1 fully saturated rings. The van der Waals surface area contributed by atoms with E-state index in [1.165, 1.54) is 0 Å². The van der Waals surface area contributed by atoms with Crippen molar-refractivity contribution in [1.29, 1.82) is 0 Å². The first-order valence-electron chi connectivity index (χ1n) is 5.44. The maximum Gasteiger partial charge on any atom is 0.219 e.